The maximum absolute atomic E-state index is 12.5. The number of hydrogen-bond donors (Lipinski definition) is 1. The quantitative estimate of drug-likeness (QED) is 0.326. The molecule has 9 heteroatoms. The zero-order valence-corrected chi connectivity index (χ0v) is 19.3. The van der Waals surface area contributed by atoms with Gasteiger partial charge in [0, 0.05) is 27.0 Å². The molecule has 0 fully saturated rings. The standard InChI is InChI=1S/C23H18Cl2N4O2S/c1-31-20-4-2-3-15(13-20)22-27-28-23(29(22)19-11-7-17(25)8-12-19)32-14-21(30)26-18-9-5-16(24)6-10-18/h2-13H,14H2,1H3,(H,26,30). The van der Waals surface area contributed by atoms with Crippen molar-refractivity contribution in [1.29, 1.82) is 0 Å². The second-order valence-corrected chi connectivity index (χ2v) is 8.51. The lowest BCUT2D eigenvalue weighted by molar-refractivity contribution is -0.113. The second-order valence-electron chi connectivity index (χ2n) is 6.69. The van der Waals surface area contributed by atoms with Crippen LogP contribution in [0.3, 0.4) is 0 Å². The Morgan fingerprint density at radius 2 is 1.69 bits per heavy atom. The normalized spacial score (nSPS) is 10.7. The third-order valence-corrected chi connectivity index (χ3v) is 5.94. The first kappa shape index (κ1) is 22.2. The molecule has 0 unspecified atom stereocenters. The number of carbonyl (C=O) groups excluding carboxylic acids is 1. The van der Waals surface area contributed by atoms with E-state index in [0.717, 1.165) is 11.3 Å². The molecule has 0 saturated heterocycles. The summed E-state index contributed by atoms with van der Waals surface area (Å²) < 4.78 is 7.24. The van der Waals surface area contributed by atoms with Crippen LogP contribution >= 0.6 is 35.0 Å². The minimum atomic E-state index is -0.161. The monoisotopic (exact) mass is 484 g/mol. The van der Waals surface area contributed by atoms with Gasteiger partial charge in [0.25, 0.3) is 0 Å². The Labute approximate surface area is 199 Å². The molecule has 3 aromatic carbocycles. The Hall–Kier alpha value is -3.00. The predicted octanol–water partition coefficient (Wildman–Crippen LogP) is 5.98. The molecule has 0 aliphatic carbocycles. The van der Waals surface area contributed by atoms with Crippen LogP contribution in [-0.2, 0) is 4.79 Å². The molecule has 1 aromatic heterocycles. The molecule has 1 heterocycles. The highest BCUT2D eigenvalue weighted by Gasteiger charge is 2.18. The number of rotatable bonds is 7. The summed E-state index contributed by atoms with van der Waals surface area (Å²) in [7, 11) is 1.61. The van der Waals surface area contributed by atoms with Gasteiger partial charge in [0.05, 0.1) is 12.9 Å². The van der Waals surface area contributed by atoms with Crippen LogP contribution in [-0.4, -0.2) is 33.5 Å². The number of amides is 1. The Bertz CT molecular complexity index is 1230. The maximum Gasteiger partial charge on any atom is 0.234 e. The van der Waals surface area contributed by atoms with E-state index in [2.05, 4.69) is 15.5 Å². The Morgan fingerprint density at radius 1 is 1.00 bits per heavy atom. The summed E-state index contributed by atoms with van der Waals surface area (Å²) in [4.78, 5) is 12.5. The van der Waals surface area contributed by atoms with Gasteiger partial charge in [-0.1, -0.05) is 47.1 Å². The van der Waals surface area contributed by atoms with Crippen LogP contribution in [0.5, 0.6) is 5.75 Å². The minimum Gasteiger partial charge on any atom is -0.497 e. The minimum absolute atomic E-state index is 0.159. The molecular formula is C23H18Cl2N4O2S. The Morgan fingerprint density at radius 3 is 2.38 bits per heavy atom. The fraction of sp³-hybridized carbons (Fsp3) is 0.0870. The van der Waals surface area contributed by atoms with Crippen molar-refractivity contribution in [1.82, 2.24) is 14.8 Å². The number of aromatic nitrogens is 3. The maximum atomic E-state index is 12.5. The first-order chi connectivity index (χ1) is 15.5. The number of anilines is 1. The molecular weight excluding hydrogens is 467 g/mol. The summed E-state index contributed by atoms with van der Waals surface area (Å²) in [5.74, 6) is 1.34. The van der Waals surface area contributed by atoms with Crippen molar-refractivity contribution >= 4 is 46.6 Å². The highest BCUT2D eigenvalue weighted by atomic mass is 35.5. The number of hydrogen-bond acceptors (Lipinski definition) is 5. The van der Waals surface area contributed by atoms with Gasteiger partial charge >= 0.3 is 0 Å². The molecule has 0 radical (unpaired) electrons. The van der Waals surface area contributed by atoms with Crippen molar-refractivity contribution in [3.05, 3.63) is 82.8 Å². The number of carbonyl (C=O) groups is 1. The highest BCUT2D eigenvalue weighted by Crippen LogP contribution is 2.30. The van der Waals surface area contributed by atoms with Crippen molar-refractivity contribution in [2.45, 2.75) is 5.16 Å². The molecule has 162 valence electrons. The molecule has 1 amide bonds. The van der Waals surface area contributed by atoms with E-state index in [0.29, 0.717) is 32.5 Å². The van der Waals surface area contributed by atoms with E-state index in [-0.39, 0.29) is 11.7 Å². The lowest BCUT2D eigenvalue weighted by Gasteiger charge is -2.11. The van der Waals surface area contributed by atoms with Gasteiger partial charge in [-0.2, -0.15) is 0 Å². The average Bonchev–Trinajstić information content (AvgIpc) is 3.24. The summed E-state index contributed by atoms with van der Waals surface area (Å²) in [6, 6.07) is 21.9. The molecule has 0 bridgehead atoms. The van der Waals surface area contributed by atoms with E-state index in [9.17, 15) is 4.79 Å². The molecule has 4 rings (SSSR count). The molecule has 1 N–H and O–H groups in total. The second kappa shape index (κ2) is 10.1. The van der Waals surface area contributed by atoms with Crippen LogP contribution in [0.2, 0.25) is 10.0 Å². The lowest BCUT2D eigenvalue weighted by atomic mass is 10.2. The van der Waals surface area contributed by atoms with Gasteiger partial charge in [0.2, 0.25) is 5.91 Å². The van der Waals surface area contributed by atoms with Crippen molar-refractivity contribution in [2.24, 2.45) is 0 Å². The van der Waals surface area contributed by atoms with Gasteiger partial charge in [-0.25, -0.2) is 0 Å². The van der Waals surface area contributed by atoms with Crippen molar-refractivity contribution in [3.63, 3.8) is 0 Å². The van der Waals surface area contributed by atoms with Gasteiger partial charge < -0.3 is 10.1 Å². The number of nitrogens with one attached hydrogen (secondary N) is 1. The molecule has 0 saturated carbocycles. The summed E-state index contributed by atoms with van der Waals surface area (Å²) >= 11 is 13.3. The molecule has 32 heavy (non-hydrogen) atoms. The molecule has 6 nitrogen and oxygen atoms in total. The van der Waals surface area contributed by atoms with Crippen molar-refractivity contribution < 1.29 is 9.53 Å². The van der Waals surface area contributed by atoms with Crippen LogP contribution in [0.15, 0.2) is 78.0 Å². The summed E-state index contributed by atoms with van der Waals surface area (Å²) in [5, 5.41) is 13.4. The first-order valence-electron chi connectivity index (χ1n) is 9.57. The fourth-order valence-electron chi connectivity index (χ4n) is 3.00. The van der Waals surface area contributed by atoms with E-state index in [1.54, 1.807) is 43.5 Å². The Balaban J connectivity index is 1.61. The third kappa shape index (κ3) is 5.24. The smallest absolute Gasteiger partial charge is 0.234 e. The number of methoxy groups -OCH3 is 1. The number of ether oxygens (including phenoxy) is 1. The molecule has 0 spiro atoms. The highest BCUT2D eigenvalue weighted by molar-refractivity contribution is 7.99. The van der Waals surface area contributed by atoms with E-state index < -0.39 is 0 Å². The zero-order chi connectivity index (χ0) is 22.5. The van der Waals surface area contributed by atoms with Gasteiger partial charge in [0.1, 0.15) is 5.75 Å². The van der Waals surface area contributed by atoms with Gasteiger partial charge in [-0.05, 0) is 60.7 Å². The van der Waals surface area contributed by atoms with Crippen LogP contribution < -0.4 is 10.1 Å². The van der Waals surface area contributed by atoms with Gasteiger partial charge in [0.15, 0.2) is 11.0 Å². The molecule has 0 aliphatic heterocycles. The fourth-order valence-corrected chi connectivity index (χ4v) is 4.00. The summed E-state index contributed by atoms with van der Waals surface area (Å²) in [5.41, 5.74) is 2.35. The van der Waals surface area contributed by atoms with Crippen LogP contribution in [0.4, 0.5) is 5.69 Å². The van der Waals surface area contributed by atoms with E-state index in [1.165, 1.54) is 11.8 Å². The van der Waals surface area contributed by atoms with Gasteiger partial charge in [-0.3, -0.25) is 9.36 Å². The van der Waals surface area contributed by atoms with Crippen LogP contribution in [0.1, 0.15) is 0 Å². The van der Waals surface area contributed by atoms with E-state index >= 15 is 0 Å². The summed E-state index contributed by atoms with van der Waals surface area (Å²) in [6.07, 6.45) is 0. The first-order valence-corrected chi connectivity index (χ1v) is 11.3. The Kier molecular flexibility index (Phi) is 6.99. The van der Waals surface area contributed by atoms with Crippen LogP contribution in [0.25, 0.3) is 17.1 Å². The zero-order valence-electron chi connectivity index (χ0n) is 17.0. The number of thioether (sulfide) groups is 1. The SMILES string of the molecule is COc1cccc(-c2nnc(SCC(=O)Nc3ccc(Cl)cc3)n2-c2ccc(Cl)cc2)c1. The molecule has 0 aliphatic rings. The van der Waals surface area contributed by atoms with E-state index in [1.807, 2.05) is 41.0 Å². The van der Waals surface area contributed by atoms with E-state index in [4.69, 9.17) is 27.9 Å². The largest absolute Gasteiger partial charge is 0.497 e. The number of halogens is 2. The van der Waals surface area contributed by atoms with Crippen molar-refractivity contribution in [3.8, 4) is 22.8 Å². The van der Waals surface area contributed by atoms with Crippen LogP contribution in [0, 0.1) is 0 Å². The predicted molar refractivity (Wildman–Crippen MR) is 129 cm³/mol. The number of nitrogens with zero attached hydrogens (tertiary/aromatic N) is 3. The third-order valence-electron chi connectivity index (χ3n) is 4.51. The van der Waals surface area contributed by atoms with Gasteiger partial charge in [-0.15, -0.1) is 10.2 Å². The van der Waals surface area contributed by atoms with Crippen molar-refractivity contribution in [2.75, 3.05) is 18.2 Å². The number of benzene rings is 3. The molecule has 0 atom stereocenters. The molecule has 4 aromatic rings. The lowest BCUT2D eigenvalue weighted by Crippen LogP contribution is -2.14. The average molecular weight is 485 g/mol. The topological polar surface area (TPSA) is 69.0 Å². The summed E-state index contributed by atoms with van der Waals surface area (Å²) in [6.45, 7) is 0.